The molecular weight excluding hydrogens is 142 g/mol. The minimum absolute atomic E-state index is 0.182. The van der Waals surface area contributed by atoms with Gasteiger partial charge in [0.1, 0.15) is 5.69 Å². The third-order valence-electron chi connectivity index (χ3n) is 1.23. The molecule has 0 fully saturated rings. The molecule has 1 rings (SSSR count). The van der Waals surface area contributed by atoms with Gasteiger partial charge in [-0.2, -0.15) is 0 Å². The molecule has 0 bridgehead atoms. The highest BCUT2D eigenvalue weighted by molar-refractivity contribution is 5.97. The van der Waals surface area contributed by atoms with Gasteiger partial charge in [0.15, 0.2) is 5.78 Å². The third-order valence-corrected chi connectivity index (χ3v) is 1.23. The molecule has 0 radical (unpaired) electrons. The molecule has 58 valence electrons. The minimum atomic E-state index is -0.508. The molecule has 0 aliphatic heterocycles. The topological polar surface area (TPSA) is 68.9 Å². The molecule has 1 aromatic rings. The summed E-state index contributed by atoms with van der Waals surface area (Å²) in [5.74, 6) is -0.182. The molecular formula is C7H9N3O. The van der Waals surface area contributed by atoms with E-state index in [0.717, 1.165) is 0 Å². The Bertz CT molecular complexity index is 245. The summed E-state index contributed by atoms with van der Waals surface area (Å²) in [4.78, 5) is 18.7. The van der Waals surface area contributed by atoms with Gasteiger partial charge in [0.25, 0.3) is 0 Å². The molecule has 11 heavy (non-hydrogen) atoms. The van der Waals surface area contributed by atoms with Crippen LogP contribution in [0.3, 0.4) is 0 Å². The van der Waals surface area contributed by atoms with Crippen molar-refractivity contribution in [1.82, 2.24) is 9.97 Å². The number of carbonyl (C=O) groups excluding carboxylic acids is 1. The standard InChI is InChI=1S/C7H9N3O/c1-5(8)7(11)6-4-9-2-3-10-6/h2-5H,8H2,1H3. The van der Waals surface area contributed by atoms with Crippen LogP contribution in [-0.2, 0) is 0 Å². The van der Waals surface area contributed by atoms with Crippen molar-refractivity contribution in [2.24, 2.45) is 5.73 Å². The van der Waals surface area contributed by atoms with Crippen molar-refractivity contribution in [3.05, 3.63) is 24.3 Å². The Kier molecular flexibility index (Phi) is 2.28. The number of hydrogen-bond acceptors (Lipinski definition) is 4. The van der Waals surface area contributed by atoms with Crippen LogP contribution in [0.5, 0.6) is 0 Å². The highest BCUT2D eigenvalue weighted by atomic mass is 16.1. The molecule has 0 aliphatic rings. The van der Waals surface area contributed by atoms with E-state index in [4.69, 9.17) is 5.73 Å². The lowest BCUT2D eigenvalue weighted by molar-refractivity contribution is 0.0962. The zero-order valence-electron chi connectivity index (χ0n) is 6.19. The van der Waals surface area contributed by atoms with Gasteiger partial charge in [-0.3, -0.25) is 9.78 Å². The maximum absolute atomic E-state index is 11.1. The fraction of sp³-hybridized carbons (Fsp3) is 0.286. The Balaban J connectivity index is 2.86. The number of Topliss-reactive ketones (excluding diaryl/α,β-unsaturated/α-hetero) is 1. The summed E-state index contributed by atoms with van der Waals surface area (Å²) in [5.41, 5.74) is 5.67. The van der Waals surface area contributed by atoms with Gasteiger partial charge in [-0.1, -0.05) is 0 Å². The Hall–Kier alpha value is -1.29. The molecule has 1 aromatic heterocycles. The summed E-state index contributed by atoms with van der Waals surface area (Å²) < 4.78 is 0. The van der Waals surface area contributed by atoms with Gasteiger partial charge in [0.2, 0.25) is 0 Å². The highest BCUT2D eigenvalue weighted by Gasteiger charge is 2.10. The van der Waals surface area contributed by atoms with E-state index in [1.54, 1.807) is 6.92 Å². The first-order chi connectivity index (χ1) is 5.22. The van der Waals surface area contributed by atoms with Crippen LogP contribution in [-0.4, -0.2) is 21.8 Å². The quantitative estimate of drug-likeness (QED) is 0.604. The fourth-order valence-corrected chi connectivity index (χ4v) is 0.660. The molecule has 0 saturated heterocycles. The van der Waals surface area contributed by atoms with E-state index in [-0.39, 0.29) is 5.78 Å². The first kappa shape index (κ1) is 7.81. The van der Waals surface area contributed by atoms with Crippen LogP contribution in [0.1, 0.15) is 17.4 Å². The molecule has 1 atom stereocenters. The SMILES string of the molecule is CC(N)C(=O)c1cnccn1. The summed E-state index contributed by atoms with van der Waals surface area (Å²) in [5, 5.41) is 0. The number of carbonyl (C=O) groups is 1. The van der Waals surface area contributed by atoms with Crippen LogP contribution in [0, 0.1) is 0 Å². The van der Waals surface area contributed by atoms with E-state index in [1.807, 2.05) is 0 Å². The van der Waals surface area contributed by atoms with E-state index < -0.39 is 6.04 Å². The summed E-state index contributed by atoms with van der Waals surface area (Å²) >= 11 is 0. The number of hydrogen-bond donors (Lipinski definition) is 1. The van der Waals surface area contributed by atoms with Crippen molar-refractivity contribution < 1.29 is 4.79 Å². The monoisotopic (exact) mass is 151 g/mol. The lowest BCUT2D eigenvalue weighted by Crippen LogP contribution is -2.27. The fourth-order valence-electron chi connectivity index (χ4n) is 0.660. The smallest absolute Gasteiger partial charge is 0.199 e. The number of rotatable bonds is 2. The molecule has 4 heteroatoms. The molecule has 0 amide bonds. The van der Waals surface area contributed by atoms with E-state index in [1.165, 1.54) is 18.6 Å². The normalized spacial score (nSPS) is 12.5. The van der Waals surface area contributed by atoms with Gasteiger partial charge in [-0.15, -0.1) is 0 Å². The van der Waals surface area contributed by atoms with E-state index in [2.05, 4.69) is 9.97 Å². The molecule has 0 aliphatic carbocycles. The number of nitrogens with zero attached hydrogens (tertiary/aromatic N) is 2. The molecule has 1 unspecified atom stereocenters. The Labute approximate surface area is 64.5 Å². The van der Waals surface area contributed by atoms with Crippen LogP contribution < -0.4 is 5.73 Å². The second-order valence-corrected chi connectivity index (χ2v) is 2.24. The van der Waals surface area contributed by atoms with Crippen LogP contribution in [0.2, 0.25) is 0 Å². The van der Waals surface area contributed by atoms with Crippen molar-refractivity contribution in [3.8, 4) is 0 Å². The van der Waals surface area contributed by atoms with Gasteiger partial charge in [0, 0.05) is 12.4 Å². The van der Waals surface area contributed by atoms with Gasteiger partial charge in [-0.05, 0) is 6.92 Å². The van der Waals surface area contributed by atoms with Crippen LogP contribution in [0.4, 0.5) is 0 Å². The van der Waals surface area contributed by atoms with Gasteiger partial charge < -0.3 is 5.73 Å². The van der Waals surface area contributed by atoms with Crippen molar-refractivity contribution in [1.29, 1.82) is 0 Å². The first-order valence-electron chi connectivity index (χ1n) is 3.27. The van der Waals surface area contributed by atoms with E-state index in [0.29, 0.717) is 5.69 Å². The minimum Gasteiger partial charge on any atom is -0.321 e. The molecule has 4 nitrogen and oxygen atoms in total. The first-order valence-corrected chi connectivity index (χ1v) is 3.27. The molecule has 0 aromatic carbocycles. The summed E-state index contributed by atoms with van der Waals surface area (Å²) in [6.07, 6.45) is 4.39. The van der Waals surface area contributed by atoms with E-state index in [9.17, 15) is 4.79 Å². The Morgan fingerprint density at radius 1 is 1.64 bits per heavy atom. The van der Waals surface area contributed by atoms with Crippen molar-refractivity contribution in [2.45, 2.75) is 13.0 Å². The molecule has 2 N–H and O–H groups in total. The van der Waals surface area contributed by atoms with Crippen molar-refractivity contribution in [3.63, 3.8) is 0 Å². The van der Waals surface area contributed by atoms with Gasteiger partial charge >= 0.3 is 0 Å². The molecule has 0 spiro atoms. The molecule has 0 saturated carbocycles. The maximum atomic E-state index is 11.1. The average molecular weight is 151 g/mol. The van der Waals surface area contributed by atoms with Crippen molar-refractivity contribution in [2.75, 3.05) is 0 Å². The Morgan fingerprint density at radius 2 is 2.36 bits per heavy atom. The second-order valence-electron chi connectivity index (χ2n) is 2.24. The van der Waals surface area contributed by atoms with E-state index >= 15 is 0 Å². The van der Waals surface area contributed by atoms with Crippen molar-refractivity contribution >= 4 is 5.78 Å². The Morgan fingerprint density at radius 3 is 2.82 bits per heavy atom. The van der Waals surface area contributed by atoms with Gasteiger partial charge in [-0.25, -0.2) is 4.98 Å². The van der Waals surface area contributed by atoms with Crippen LogP contribution in [0.25, 0.3) is 0 Å². The highest BCUT2D eigenvalue weighted by Crippen LogP contribution is 1.94. The second kappa shape index (κ2) is 3.21. The number of ketones is 1. The number of aromatic nitrogens is 2. The average Bonchev–Trinajstić information content (AvgIpc) is 2.05. The lowest BCUT2D eigenvalue weighted by atomic mass is 10.2. The maximum Gasteiger partial charge on any atom is 0.199 e. The zero-order chi connectivity index (χ0) is 8.27. The largest absolute Gasteiger partial charge is 0.321 e. The van der Waals surface area contributed by atoms with Crippen LogP contribution in [0.15, 0.2) is 18.6 Å². The lowest BCUT2D eigenvalue weighted by Gasteiger charge is -2.00. The number of nitrogens with two attached hydrogens (primary N) is 1. The zero-order valence-corrected chi connectivity index (χ0v) is 6.19. The summed E-state index contributed by atoms with van der Waals surface area (Å²) in [6, 6.07) is -0.508. The molecule has 1 heterocycles. The summed E-state index contributed by atoms with van der Waals surface area (Å²) in [7, 11) is 0. The third kappa shape index (κ3) is 1.81. The predicted molar refractivity (Wildman–Crippen MR) is 40.0 cm³/mol. The predicted octanol–water partition coefficient (Wildman–Crippen LogP) is 0.00650. The van der Waals surface area contributed by atoms with Crippen LogP contribution >= 0.6 is 0 Å². The summed E-state index contributed by atoms with van der Waals surface area (Å²) in [6.45, 7) is 1.62. The van der Waals surface area contributed by atoms with Gasteiger partial charge in [0.05, 0.1) is 12.2 Å².